The second-order valence-corrected chi connectivity index (χ2v) is 7.54. The fourth-order valence-electron chi connectivity index (χ4n) is 2.95. The van der Waals surface area contributed by atoms with Crippen LogP contribution in [0.5, 0.6) is 0 Å². The Kier molecular flexibility index (Phi) is 7.07. The first-order valence-electron chi connectivity index (χ1n) is 8.76. The van der Waals surface area contributed by atoms with Crippen molar-refractivity contribution in [2.75, 3.05) is 46.8 Å². The standard InChI is InChI=1S/C17H30ClN5O/c1-13(2)23-16(18)15(12-20-23)17(24)19-11-14-5-7-22(8-6-14)10-9-21(3)4/h12-14H,5-11H2,1-4H3,(H,19,24). The van der Waals surface area contributed by atoms with Crippen LogP contribution in [0.15, 0.2) is 6.20 Å². The summed E-state index contributed by atoms with van der Waals surface area (Å²) in [5, 5.41) is 7.63. The molecule has 1 aromatic rings. The second-order valence-electron chi connectivity index (χ2n) is 7.19. The number of nitrogens with one attached hydrogen (secondary N) is 1. The molecule has 0 radical (unpaired) electrons. The van der Waals surface area contributed by atoms with E-state index < -0.39 is 0 Å². The molecule has 1 N–H and O–H groups in total. The molecule has 2 heterocycles. The fraction of sp³-hybridized carbons (Fsp3) is 0.765. The van der Waals surface area contributed by atoms with Gasteiger partial charge in [0, 0.05) is 25.7 Å². The molecule has 0 unspecified atom stereocenters. The Balaban J connectivity index is 1.75. The van der Waals surface area contributed by atoms with Gasteiger partial charge in [-0.2, -0.15) is 5.10 Å². The van der Waals surface area contributed by atoms with Gasteiger partial charge in [-0.1, -0.05) is 11.6 Å². The summed E-state index contributed by atoms with van der Waals surface area (Å²) in [4.78, 5) is 17.0. The van der Waals surface area contributed by atoms with E-state index in [1.54, 1.807) is 10.9 Å². The molecule has 0 spiro atoms. The van der Waals surface area contributed by atoms with Crippen molar-refractivity contribution in [2.45, 2.75) is 32.7 Å². The summed E-state index contributed by atoms with van der Waals surface area (Å²) in [6.45, 7) is 9.13. The van der Waals surface area contributed by atoms with Crippen molar-refractivity contribution in [3.05, 3.63) is 16.9 Å². The Morgan fingerprint density at radius 1 is 1.42 bits per heavy atom. The highest BCUT2D eigenvalue weighted by atomic mass is 35.5. The van der Waals surface area contributed by atoms with Crippen LogP contribution in [0.3, 0.4) is 0 Å². The molecule has 1 aromatic heterocycles. The van der Waals surface area contributed by atoms with Crippen LogP contribution in [0.1, 0.15) is 43.1 Å². The van der Waals surface area contributed by atoms with Crippen molar-refractivity contribution in [3.63, 3.8) is 0 Å². The van der Waals surface area contributed by atoms with Gasteiger partial charge in [0.2, 0.25) is 0 Å². The van der Waals surface area contributed by atoms with Crippen LogP contribution in [-0.2, 0) is 0 Å². The van der Waals surface area contributed by atoms with Crippen LogP contribution in [-0.4, -0.2) is 72.3 Å². The van der Waals surface area contributed by atoms with E-state index in [1.165, 1.54) is 0 Å². The average molecular weight is 356 g/mol. The first-order chi connectivity index (χ1) is 11.4. The van der Waals surface area contributed by atoms with E-state index in [9.17, 15) is 4.79 Å². The average Bonchev–Trinajstić information content (AvgIpc) is 2.93. The van der Waals surface area contributed by atoms with Gasteiger partial charge >= 0.3 is 0 Å². The van der Waals surface area contributed by atoms with Crippen molar-refractivity contribution in [3.8, 4) is 0 Å². The molecule has 7 heteroatoms. The Morgan fingerprint density at radius 3 is 2.62 bits per heavy atom. The predicted molar refractivity (Wildman–Crippen MR) is 97.7 cm³/mol. The van der Waals surface area contributed by atoms with Crippen LogP contribution in [0.25, 0.3) is 0 Å². The summed E-state index contributed by atoms with van der Waals surface area (Å²) in [5.41, 5.74) is 0.466. The summed E-state index contributed by atoms with van der Waals surface area (Å²) < 4.78 is 1.67. The molecule has 6 nitrogen and oxygen atoms in total. The van der Waals surface area contributed by atoms with E-state index in [4.69, 9.17) is 11.6 Å². The third-order valence-corrected chi connectivity index (χ3v) is 4.97. The lowest BCUT2D eigenvalue weighted by Gasteiger charge is -2.32. The number of carbonyl (C=O) groups excluding carboxylic acids is 1. The number of carbonyl (C=O) groups is 1. The van der Waals surface area contributed by atoms with Crippen LogP contribution >= 0.6 is 11.6 Å². The van der Waals surface area contributed by atoms with Crippen LogP contribution in [0, 0.1) is 5.92 Å². The molecule has 1 fully saturated rings. The molecule has 1 aliphatic heterocycles. The second kappa shape index (κ2) is 8.83. The number of amides is 1. The first kappa shape index (κ1) is 19.2. The summed E-state index contributed by atoms with van der Waals surface area (Å²) >= 11 is 6.24. The summed E-state index contributed by atoms with van der Waals surface area (Å²) in [7, 11) is 4.21. The predicted octanol–water partition coefficient (Wildman–Crippen LogP) is 2.12. The van der Waals surface area contributed by atoms with Crippen molar-refractivity contribution >= 4 is 17.5 Å². The summed E-state index contributed by atoms with van der Waals surface area (Å²) in [6, 6.07) is 0.144. The molecule has 24 heavy (non-hydrogen) atoms. The number of hydrogen-bond acceptors (Lipinski definition) is 4. The van der Waals surface area contributed by atoms with Crippen molar-refractivity contribution < 1.29 is 4.79 Å². The van der Waals surface area contributed by atoms with Gasteiger partial charge in [0.05, 0.1) is 11.8 Å². The lowest BCUT2D eigenvalue weighted by atomic mass is 9.96. The Hall–Kier alpha value is -1.11. The number of aromatic nitrogens is 2. The summed E-state index contributed by atoms with van der Waals surface area (Å²) in [6.07, 6.45) is 3.82. The Morgan fingerprint density at radius 2 is 2.08 bits per heavy atom. The van der Waals surface area contributed by atoms with Gasteiger partial charge in [-0.15, -0.1) is 0 Å². The van der Waals surface area contributed by atoms with Crippen molar-refractivity contribution in [1.82, 2.24) is 24.9 Å². The third kappa shape index (κ3) is 5.19. The van der Waals surface area contributed by atoms with Crippen LogP contribution in [0.4, 0.5) is 0 Å². The van der Waals surface area contributed by atoms with E-state index >= 15 is 0 Å². The van der Waals surface area contributed by atoms with Crippen molar-refractivity contribution in [2.24, 2.45) is 5.92 Å². The number of likely N-dealkylation sites (tertiary alicyclic amines) is 1. The molecule has 0 aliphatic carbocycles. The maximum Gasteiger partial charge on any atom is 0.256 e. The largest absolute Gasteiger partial charge is 0.352 e. The molecule has 0 saturated carbocycles. The van der Waals surface area contributed by atoms with Crippen molar-refractivity contribution in [1.29, 1.82) is 0 Å². The minimum Gasteiger partial charge on any atom is -0.352 e. The maximum absolute atomic E-state index is 12.3. The van der Waals surface area contributed by atoms with Gasteiger partial charge in [-0.05, 0) is 59.8 Å². The summed E-state index contributed by atoms with van der Waals surface area (Å²) in [5.74, 6) is 0.422. The van der Waals surface area contributed by atoms with Gasteiger partial charge in [-0.3, -0.25) is 9.48 Å². The number of hydrogen-bond donors (Lipinski definition) is 1. The molecular weight excluding hydrogens is 326 g/mol. The van der Waals surface area contributed by atoms with E-state index in [0.29, 0.717) is 23.2 Å². The van der Waals surface area contributed by atoms with E-state index in [-0.39, 0.29) is 11.9 Å². The number of piperidine rings is 1. The number of nitrogens with zero attached hydrogens (tertiary/aromatic N) is 4. The maximum atomic E-state index is 12.3. The molecule has 0 aromatic carbocycles. The normalized spacial score (nSPS) is 17.0. The van der Waals surface area contributed by atoms with Crippen LogP contribution in [0.2, 0.25) is 5.15 Å². The molecule has 136 valence electrons. The molecule has 1 saturated heterocycles. The molecule has 1 amide bonds. The van der Waals surface area contributed by atoms with Gasteiger partial charge in [0.1, 0.15) is 5.15 Å². The van der Waals surface area contributed by atoms with Gasteiger partial charge in [0.25, 0.3) is 5.91 Å². The monoisotopic (exact) mass is 355 g/mol. The van der Waals surface area contributed by atoms with E-state index in [0.717, 1.165) is 39.0 Å². The minimum atomic E-state index is -0.123. The quantitative estimate of drug-likeness (QED) is 0.814. The highest BCUT2D eigenvalue weighted by Gasteiger charge is 2.21. The fourth-order valence-corrected chi connectivity index (χ4v) is 3.32. The molecule has 1 aliphatic rings. The Bertz CT molecular complexity index is 535. The third-order valence-electron chi connectivity index (χ3n) is 4.59. The number of halogens is 1. The number of likely N-dealkylation sites (N-methyl/N-ethyl adjacent to an activating group) is 1. The molecular formula is C17H30ClN5O. The number of rotatable bonds is 7. The lowest BCUT2D eigenvalue weighted by molar-refractivity contribution is 0.0935. The van der Waals surface area contributed by atoms with E-state index in [2.05, 4.69) is 34.3 Å². The Labute approximate surface area is 150 Å². The smallest absolute Gasteiger partial charge is 0.256 e. The molecule has 2 rings (SSSR count). The highest BCUT2D eigenvalue weighted by molar-refractivity contribution is 6.32. The zero-order chi connectivity index (χ0) is 17.7. The lowest BCUT2D eigenvalue weighted by Crippen LogP contribution is -2.41. The topological polar surface area (TPSA) is 53.4 Å². The van der Waals surface area contributed by atoms with Gasteiger partial charge in [0.15, 0.2) is 0 Å². The van der Waals surface area contributed by atoms with Crippen LogP contribution < -0.4 is 5.32 Å². The zero-order valence-electron chi connectivity index (χ0n) is 15.3. The van der Waals surface area contributed by atoms with Gasteiger partial charge in [-0.25, -0.2) is 0 Å². The first-order valence-corrected chi connectivity index (χ1v) is 9.14. The zero-order valence-corrected chi connectivity index (χ0v) is 16.0. The molecule has 0 bridgehead atoms. The van der Waals surface area contributed by atoms with E-state index in [1.807, 2.05) is 13.8 Å². The molecule has 0 atom stereocenters. The minimum absolute atomic E-state index is 0.123. The van der Waals surface area contributed by atoms with Gasteiger partial charge < -0.3 is 15.1 Å². The SMILES string of the molecule is CC(C)n1ncc(C(=O)NCC2CCN(CCN(C)C)CC2)c1Cl. The highest BCUT2D eigenvalue weighted by Crippen LogP contribution is 2.20.